The van der Waals surface area contributed by atoms with Crippen LogP contribution in [0.15, 0.2) is 30.7 Å². The fraction of sp³-hybridized carbons (Fsp3) is 0.0769. The Bertz CT molecular complexity index is 859. The van der Waals surface area contributed by atoms with E-state index in [1.807, 2.05) is 0 Å². The van der Waals surface area contributed by atoms with E-state index in [-0.39, 0.29) is 18.1 Å². The Morgan fingerprint density at radius 3 is 2.91 bits per heavy atom. The number of fused-ring (bicyclic) bond motifs is 1. The first kappa shape index (κ1) is 14.0. The van der Waals surface area contributed by atoms with Crippen LogP contribution in [0, 0.1) is 17.0 Å². The minimum atomic E-state index is -0.562. The molecule has 4 N–H and O–H groups in total. The second kappa shape index (κ2) is 5.45. The molecular formula is C13H11F2N7. The average molecular weight is 303 g/mol. The quantitative estimate of drug-likeness (QED) is 0.289. The van der Waals surface area contributed by atoms with Gasteiger partial charge in [-0.1, -0.05) is 0 Å². The maximum absolute atomic E-state index is 13.7. The lowest BCUT2D eigenvalue weighted by molar-refractivity contribution is 0.582. The van der Waals surface area contributed by atoms with Gasteiger partial charge in [0.25, 0.3) is 0 Å². The van der Waals surface area contributed by atoms with E-state index in [0.717, 1.165) is 12.4 Å². The molecule has 0 aromatic carbocycles. The van der Waals surface area contributed by atoms with Crippen molar-refractivity contribution in [3.05, 3.63) is 53.6 Å². The van der Waals surface area contributed by atoms with Gasteiger partial charge in [0.2, 0.25) is 0 Å². The Labute approximate surface area is 123 Å². The largest absolute Gasteiger partial charge is 0.307 e. The number of nitrogens with two attached hydrogens (primary N) is 1. The molecule has 3 rings (SSSR count). The molecule has 22 heavy (non-hydrogen) atoms. The predicted molar refractivity (Wildman–Crippen MR) is 74.9 cm³/mol. The first-order valence-corrected chi connectivity index (χ1v) is 6.26. The van der Waals surface area contributed by atoms with Gasteiger partial charge in [0.1, 0.15) is 17.3 Å². The van der Waals surface area contributed by atoms with Crippen LogP contribution in [0.4, 0.5) is 8.78 Å². The van der Waals surface area contributed by atoms with Gasteiger partial charge in [-0.3, -0.25) is 10.4 Å². The summed E-state index contributed by atoms with van der Waals surface area (Å²) in [6.07, 6.45) is 3.59. The Morgan fingerprint density at radius 1 is 1.36 bits per heavy atom. The van der Waals surface area contributed by atoms with Crippen molar-refractivity contribution in [1.82, 2.24) is 25.2 Å². The van der Waals surface area contributed by atoms with Crippen molar-refractivity contribution in [3.63, 3.8) is 0 Å². The van der Waals surface area contributed by atoms with Crippen molar-refractivity contribution in [1.29, 1.82) is 5.41 Å². The molecule has 0 fully saturated rings. The fourth-order valence-corrected chi connectivity index (χ4v) is 2.09. The number of hydrazine groups is 1. The Hall–Kier alpha value is -2.94. The number of hydrogen-bond donors (Lipinski definition) is 3. The zero-order chi connectivity index (χ0) is 15.7. The van der Waals surface area contributed by atoms with Crippen LogP contribution in [0.5, 0.6) is 0 Å². The van der Waals surface area contributed by atoms with Gasteiger partial charge in [0.05, 0.1) is 24.3 Å². The molecule has 0 saturated heterocycles. The van der Waals surface area contributed by atoms with E-state index in [1.165, 1.54) is 23.0 Å². The van der Waals surface area contributed by atoms with Crippen LogP contribution in [0.3, 0.4) is 0 Å². The summed E-state index contributed by atoms with van der Waals surface area (Å²) in [6, 6.07) is 2.72. The molecule has 7 nitrogen and oxygen atoms in total. The minimum Gasteiger partial charge on any atom is -0.307 e. The number of aromatic nitrogens is 4. The van der Waals surface area contributed by atoms with E-state index in [1.54, 1.807) is 0 Å². The van der Waals surface area contributed by atoms with Crippen LogP contribution >= 0.6 is 0 Å². The monoisotopic (exact) mass is 303 g/mol. The predicted octanol–water partition coefficient (Wildman–Crippen LogP) is 0.941. The Balaban J connectivity index is 2.14. The van der Waals surface area contributed by atoms with Crippen LogP contribution in [-0.2, 0) is 6.54 Å². The molecule has 0 atom stereocenters. The van der Waals surface area contributed by atoms with E-state index < -0.39 is 11.6 Å². The van der Waals surface area contributed by atoms with E-state index in [4.69, 9.17) is 11.3 Å². The van der Waals surface area contributed by atoms with Gasteiger partial charge in [-0.15, -0.1) is 0 Å². The standard InChI is InChI=1S/C13H11F2N7/c14-8-3-9-11(12(16)20-17)21-22(13(9)19-4-8)6-7-1-2-18-5-10(7)15/h1-5H,6,17H2,(H2,16,20). The SMILES string of the molecule is N=C(NN)c1nn(Cc2ccncc2F)c2ncc(F)cc12. The maximum Gasteiger partial charge on any atom is 0.161 e. The number of amidine groups is 1. The molecule has 0 radical (unpaired) electrons. The summed E-state index contributed by atoms with van der Waals surface area (Å²) in [5.74, 6) is 3.98. The van der Waals surface area contributed by atoms with E-state index >= 15 is 0 Å². The smallest absolute Gasteiger partial charge is 0.161 e. The molecule has 0 spiro atoms. The highest BCUT2D eigenvalue weighted by molar-refractivity contribution is 6.05. The van der Waals surface area contributed by atoms with Gasteiger partial charge in [-0.2, -0.15) is 5.10 Å². The summed E-state index contributed by atoms with van der Waals surface area (Å²) < 4.78 is 28.5. The lowest BCUT2D eigenvalue weighted by Crippen LogP contribution is -2.30. The van der Waals surface area contributed by atoms with Gasteiger partial charge >= 0.3 is 0 Å². The topological polar surface area (TPSA) is 106 Å². The average Bonchev–Trinajstić information content (AvgIpc) is 2.86. The van der Waals surface area contributed by atoms with E-state index in [2.05, 4.69) is 20.5 Å². The van der Waals surface area contributed by atoms with Crippen LogP contribution in [-0.4, -0.2) is 25.6 Å². The zero-order valence-corrected chi connectivity index (χ0v) is 11.2. The lowest BCUT2D eigenvalue weighted by Gasteiger charge is -2.04. The minimum absolute atomic E-state index is 0.0708. The normalized spacial score (nSPS) is 10.9. The Kier molecular flexibility index (Phi) is 3.47. The number of nitrogens with one attached hydrogen (secondary N) is 2. The molecule has 3 aromatic rings. The van der Waals surface area contributed by atoms with Crippen molar-refractivity contribution in [2.24, 2.45) is 5.84 Å². The summed E-state index contributed by atoms with van der Waals surface area (Å²) in [7, 11) is 0. The number of rotatable bonds is 3. The zero-order valence-electron chi connectivity index (χ0n) is 11.2. The third-order valence-corrected chi connectivity index (χ3v) is 3.11. The number of hydrogen-bond acceptors (Lipinski definition) is 5. The lowest BCUT2D eigenvalue weighted by atomic mass is 10.2. The van der Waals surface area contributed by atoms with E-state index in [9.17, 15) is 8.78 Å². The highest BCUT2D eigenvalue weighted by atomic mass is 19.1. The summed E-state index contributed by atoms with van der Waals surface area (Å²) >= 11 is 0. The molecule has 0 aliphatic heterocycles. The highest BCUT2D eigenvalue weighted by Crippen LogP contribution is 2.19. The number of halogens is 2. The molecule has 3 aromatic heterocycles. The Morgan fingerprint density at radius 2 is 2.18 bits per heavy atom. The summed E-state index contributed by atoms with van der Waals surface area (Å²) in [5.41, 5.74) is 2.97. The summed E-state index contributed by atoms with van der Waals surface area (Å²) in [4.78, 5) is 7.64. The van der Waals surface area contributed by atoms with Gasteiger partial charge in [0.15, 0.2) is 11.5 Å². The summed E-state index contributed by atoms with van der Waals surface area (Å²) in [5, 5.41) is 12.2. The van der Waals surface area contributed by atoms with Crippen molar-refractivity contribution in [2.75, 3.05) is 0 Å². The number of pyridine rings is 2. The summed E-state index contributed by atoms with van der Waals surface area (Å²) in [6.45, 7) is 0.0708. The molecule has 0 unspecified atom stereocenters. The third-order valence-electron chi connectivity index (χ3n) is 3.11. The first-order chi connectivity index (χ1) is 10.6. The first-order valence-electron chi connectivity index (χ1n) is 6.26. The van der Waals surface area contributed by atoms with Gasteiger partial charge in [-0.05, 0) is 12.1 Å². The van der Waals surface area contributed by atoms with Gasteiger partial charge in [0, 0.05) is 11.8 Å². The molecule has 9 heteroatoms. The molecular weight excluding hydrogens is 292 g/mol. The molecule has 3 heterocycles. The molecule has 0 amide bonds. The maximum atomic E-state index is 13.7. The fourth-order valence-electron chi connectivity index (χ4n) is 2.09. The van der Waals surface area contributed by atoms with E-state index in [0.29, 0.717) is 16.6 Å². The molecule has 0 bridgehead atoms. The van der Waals surface area contributed by atoms with Crippen LogP contribution < -0.4 is 11.3 Å². The van der Waals surface area contributed by atoms with Crippen LogP contribution in [0.2, 0.25) is 0 Å². The van der Waals surface area contributed by atoms with Gasteiger partial charge < -0.3 is 5.43 Å². The molecule has 0 aliphatic rings. The molecule has 0 saturated carbocycles. The van der Waals surface area contributed by atoms with Crippen molar-refractivity contribution in [3.8, 4) is 0 Å². The van der Waals surface area contributed by atoms with Crippen molar-refractivity contribution in [2.45, 2.75) is 6.54 Å². The van der Waals surface area contributed by atoms with Gasteiger partial charge in [-0.25, -0.2) is 24.3 Å². The van der Waals surface area contributed by atoms with Crippen molar-refractivity contribution >= 4 is 16.9 Å². The van der Waals surface area contributed by atoms with Crippen LogP contribution in [0.1, 0.15) is 11.3 Å². The highest BCUT2D eigenvalue weighted by Gasteiger charge is 2.17. The third kappa shape index (κ3) is 2.37. The second-order valence-electron chi connectivity index (χ2n) is 4.52. The molecule has 112 valence electrons. The molecule has 0 aliphatic carbocycles. The second-order valence-corrected chi connectivity index (χ2v) is 4.52. The van der Waals surface area contributed by atoms with Crippen molar-refractivity contribution < 1.29 is 8.78 Å². The van der Waals surface area contributed by atoms with Crippen LogP contribution in [0.25, 0.3) is 11.0 Å². The number of nitrogens with zero attached hydrogens (tertiary/aromatic N) is 4.